The number of piperidine rings is 1. The van der Waals surface area contributed by atoms with Gasteiger partial charge < -0.3 is 26.0 Å². The van der Waals surface area contributed by atoms with E-state index in [1.165, 1.54) is 4.90 Å². The summed E-state index contributed by atoms with van der Waals surface area (Å²) in [5.41, 5.74) is -0.802. The van der Waals surface area contributed by atoms with Crippen LogP contribution in [0, 0.1) is 11.3 Å². The second-order valence-corrected chi connectivity index (χ2v) is 11.1. The van der Waals surface area contributed by atoms with E-state index in [2.05, 4.69) is 16.0 Å². The molecule has 1 aliphatic carbocycles. The Balaban J connectivity index is 2.27. The molecule has 12 heteroatoms. The van der Waals surface area contributed by atoms with E-state index in [1.807, 2.05) is 0 Å². The van der Waals surface area contributed by atoms with Crippen LogP contribution in [0.5, 0.6) is 0 Å². The summed E-state index contributed by atoms with van der Waals surface area (Å²) in [5, 5.41) is 16.4. The summed E-state index contributed by atoms with van der Waals surface area (Å²) >= 11 is 0. The van der Waals surface area contributed by atoms with Gasteiger partial charge in [0.1, 0.15) is 12.1 Å². The van der Waals surface area contributed by atoms with Gasteiger partial charge in [0.15, 0.2) is 0 Å². The van der Waals surface area contributed by atoms with E-state index in [4.69, 9.17) is 0 Å². The molecule has 0 radical (unpaired) electrons. The second kappa shape index (κ2) is 11.5. The number of hydrogen-bond acceptors (Lipinski definition) is 5. The Hall–Kier alpha value is -2.79. The Bertz CT molecular complexity index is 866. The van der Waals surface area contributed by atoms with Crippen molar-refractivity contribution in [3.63, 3.8) is 0 Å². The van der Waals surface area contributed by atoms with Gasteiger partial charge in [-0.15, -0.1) is 0 Å². The van der Waals surface area contributed by atoms with Crippen LogP contribution in [-0.4, -0.2) is 76.2 Å². The summed E-state index contributed by atoms with van der Waals surface area (Å²) in [6, 6.07) is -3.82. The van der Waals surface area contributed by atoms with Gasteiger partial charge in [-0.1, -0.05) is 27.7 Å². The van der Waals surface area contributed by atoms with Crippen molar-refractivity contribution in [2.45, 2.75) is 103 Å². The van der Waals surface area contributed by atoms with Crippen molar-refractivity contribution in [3.05, 3.63) is 0 Å². The first-order chi connectivity index (χ1) is 16.5. The number of Topliss-reactive ketones (excluding diaryl/α,β-unsaturated/α-hetero) is 1. The maximum Gasteiger partial charge on any atom is 0.405 e. The standard InChI is InChI=1S/C24H38F2N4O6/c1-13-7-6-12-30(21(34)18(23(2,3)4)29-22(35)36)16(13)19(32)28-15(10-11-24(5,25)26)17(31)20(33)27-14-8-9-14/h13-16,18,29H,6-12H2,1-5H3,(H,27,33)(H,28,32)(H,35,36)/t13?,15-,16?,18+/m0/s1. The maximum atomic E-state index is 13.6. The van der Waals surface area contributed by atoms with Gasteiger partial charge in [-0.3, -0.25) is 19.2 Å². The summed E-state index contributed by atoms with van der Waals surface area (Å²) in [6.07, 6.45) is 0.0431. The highest BCUT2D eigenvalue weighted by Gasteiger charge is 2.44. The molecule has 1 saturated heterocycles. The van der Waals surface area contributed by atoms with Gasteiger partial charge >= 0.3 is 6.09 Å². The third kappa shape index (κ3) is 8.41. The van der Waals surface area contributed by atoms with Gasteiger partial charge in [0.25, 0.3) is 5.91 Å². The van der Waals surface area contributed by atoms with Gasteiger partial charge in [0, 0.05) is 19.0 Å². The number of rotatable bonds is 10. The lowest BCUT2D eigenvalue weighted by Gasteiger charge is -2.43. The number of nitrogens with one attached hydrogen (secondary N) is 3. The average Bonchev–Trinajstić information content (AvgIpc) is 3.56. The minimum Gasteiger partial charge on any atom is -0.465 e. The summed E-state index contributed by atoms with van der Waals surface area (Å²) < 4.78 is 27.1. The molecule has 36 heavy (non-hydrogen) atoms. The number of nitrogens with zero attached hydrogens (tertiary/aromatic N) is 1. The summed E-state index contributed by atoms with van der Waals surface area (Å²) in [6.45, 7) is 7.68. The van der Waals surface area contributed by atoms with Crippen LogP contribution in [0.4, 0.5) is 13.6 Å². The predicted octanol–water partition coefficient (Wildman–Crippen LogP) is 2.06. The quantitative estimate of drug-likeness (QED) is 0.327. The van der Waals surface area contributed by atoms with Crippen LogP contribution in [0.3, 0.4) is 0 Å². The van der Waals surface area contributed by atoms with Crippen LogP contribution >= 0.6 is 0 Å². The molecule has 1 aliphatic heterocycles. The van der Waals surface area contributed by atoms with Crippen LogP contribution in [0.2, 0.25) is 0 Å². The number of hydrogen-bond donors (Lipinski definition) is 4. The first kappa shape index (κ1) is 29.4. The van der Waals surface area contributed by atoms with Crippen molar-refractivity contribution in [2.24, 2.45) is 11.3 Å². The van der Waals surface area contributed by atoms with E-state index in [0.29, 0.717) is 19.8 Å². The molecule has 0 spiro atoms. The Morgan fingerprint density at radius 3 is 2.14 bits per heavy atom. The van der Waals surface area contributed by atoms with E-state index < -0.39 is 71.9 Å². The molecule has 2 rings (SSSR count). The molecule has 0 aromatic rings. The number of ketones is 1. The molecule has 204 valence electrons. The maximum absolute atomic E-state index is 13.6. The van der Waals surface area contributed by atoms with Crippen LogP contribution in [-0.2, 0) is 19.2 Å². The molecule has 0 bridgehead atoms. The largest absolute Gasteiger partial charge is 0.465 e. The van der Waals surface area contributed by atoms with E-state index in [0.717, 1.165) is 12.8 Å². The molecule has 0 aromatic carbocycles. The number of likely N-dealkylation sites (tertiary alicyclic amines) is 1. The zero-order valence-corrected chi connectivity index (χ0v) is 21.5. The van der Waals surface area contributed by atoms with Crippen LogP contribution in [0.15, 0.2) is 0 Å². The van der Waals surface area contributed by atoms with Crippen molar-refractivity contribution in [3.8, 4) is 0 Å². The number of alkyl halides is 2. The molecular formula is C24H38F2N4O6. The summed E-state index contributed by atoms with van der Waals surface area (Å²) in [5.74, 6) is -6.75. The van der Waals surface area contributed by atoms with E-state index in [9.17, 15) is 37.9 Å². The molecule has 2 aliphatic rings. The molecule has 10 nitrogen and oxygen atoms in total. The van der Waals surface area contributed by atoms with E-state index in [-0.39, 0.29) is 18.5 Å². The number of carboxylic acid groups (broad SMARTS) is 1. The fraction of sp³-hybridized carbons (Fsp3) is 0.792. The Labute approximate surface area is 209 Å². The second-order valence-electron chi connectivity index (χ2n) is 11.1. The molecule has 1 saturated carbocycles. The Kier molecular flexibility index (Phi) is 9.41. The predicted molar refractivity (Wildman–Crippen MR) is 126 cm³/mol. The third-order valence-electron chi connectivity index (χ3n) is 6.51. The zero-order valence-electron chi connectivity index (χ0n) is 21.5. The lowest BCUT2D eigenvalue weighted by molar-refractivity contribution is -0.149. The molecule has 0 aromatic heterocycles. The lowest BCUT2D eigenvalue weighted by atomic mass is 9.83. The van der Waals surface area contributed by atoms with Crippen molar-refractivity contribution in [2.75, 3.05) is 6.54 Å². The molecule has 4 amide bonds. The van der Waals surface area contributed by atoms with Crippen molar-refractivity contribution >= 4 is 29.6 Å². The average molecular weight is 517 g/mol. The van der Waals surface area contributed by atoms with E-state index >= 15 is 0 Å². The molecule has 1 heterocycles. The molecular weight excluding hydrogens is 478 g/mol. The highest BCUT2D eigenvalue weighted by Crippen LogP contribution is 2.29. The molecule has 2 unspecified atom stereocenters. The minimum atomic E-state index is -3.11. The SMILES string of the molecule is CC1CCCN(C(=O)[C@@H](NC(=O)O)C(C)(C)C)C1C(=O)N[C@@H](CCC(C)(F)F)C(=O)C(=O)NC1CC1. The van der Waals surface area contributed by atoms with Crippen molar-refractivity contribution in [1.29, 1.82) is 0 Å². The highest BCUT2D eigenvalue weighted by molar-refractivity contribution is 6.38. The van der Waals surface area contributed by atoms with Crippen LogP contribution in [0.1, 0.15) is 73.1 Å². The summed E-state index contributed by atoms with van der Waals surface area (Å²) in [4.78, 5) is 64.6. The molecule has 4 atom stereocenters. The summed E-state index contributed by atoms with van der Waals surface area (Å²) in [7, 11) is 0. The van der Waals surface area contributed by atoms with Gasteiger partial charge in [0.05, 0.1) is 6.04 Å². The Morgan fingerprint density at radius 2 is 1.64 bits per heavy atom. The van der Waals surface area contributed by atoms with Crippen molar-refractivity contribution < 1.29 is 37.9 Å². The Morgan fingerprint density at radius 1 is 1.03 bits per heavy atom. The zero-order chi connectivity index (χ0) is 27.4. The molecule has 4 N–H and O–H groups in total. The minimum absolute atomic E-state index is 0.132. The fourth-order valence-corrected chi connectivity index (χ4v) is 4.34. The highest BCUT2D eigenvalue weighted by atomic mass is 19.3. The fourth-order valence-electron chi connectivity index (χ4n) is 4.34. The third-order valence-corrected chi connectivity index (χ3v) is 6.51. The first-order valence-electron chi connectivity index (χ1n) is 12.3. The van der Waals surface area contributed by atoms with Gasteiger partial charge in [-0.2, -0.15) is 0 Å². The van der Waals surface area contributed by atoms with Gasteiger partial charge in [-0.25, -0.2) is 13.6 Å². The number of carbonyl (C=O) groups excluding carboxylic acids is 4. The lowest BCUT2D eigenvalue weighted by Crippen LogP contribution is -2.63. The normalized spacial score (nSPS) is 22.2. The van der Waals surface area contributed by atoms with Gasteiger partial charge in [-0.05, 0) is 50.4 Å². The first-order valence-corrected chi connectivity index (χ1v) is 12.3. The molecule has 2 fully saturated rings. The number of amides is 4. The van der Waals surface area contributed by atoms with Gasteiger partial charge in [0.2, 0.25) is 23.5 Å². The smallest absolute Gasteiger partial charge is 0.405 e. The van der Waals surface area contributed by atoms with Crippen LogP contribution in [0.25, 0.3) is 0 Å². The van der Waals surface area contributed by atoms with E-state index in [1.54, 1.807) is 27.7 Å². The number of carbonyl (C=O) groups is 5. The monoisotopic (exact) mass is 516 g/mol. The number of halogens is 2. The van der Waals surface area contributed by atoms with Crippen LogP contribution < -0.4 is 16.0 Å². The van der Waals surface area contributed by atoms with Crippen molar-refractivity contribution in [1.82, 2.24) is 20.9 Å². The topological polar surface area (TPSA) is 145 Å².